The number of hydrogen-bond acceptors (Lipinski definition) is 3. The first-order valence-electron chi connectivity index (χ1n) is 5.41. The van der Waals surface area contributed by atoms with Crippen molar-refractivity contribution in [2.45, 2.75) is 18.9 Å². The lowest BCUT2D eigenvalue weighted by atomic mass is 10.0. The zero-order valence-corrected chi connectivity index (χ0v) is 9.37. The van der Waals surface area contributed by atoms with Crippen LogP contribution in [0.4, 0.5) is 0 Å². The molecule has 1 atom stereocenters. The molecule has 2 aromatic rings. The molecule has 4 nitrogen and oxygen atoms in total. The molecule has 0 aliphatic rings. The Labute approximate surface area is 95.1 Å². The van der Waals surface area contributed by atoms with Crippen molar-refractivity contribution in [3.05, 3.63) is 47.8 Å². The summed E-state index contributed by atoms with van der Waals surface area (Å²) >= 11 is 0. The third kappa shape index (κ3) is 2.46. The van der Waals surface area contributed by atoms with Crippen LogP contribution < -0.4 is 5.73 Å². The van der Waals surface area contributed by atoms with Crippen LogP contribution in [0.2, 0.25) is 0 Å². The first-order valence-corrected chi connectivity index (χ1v) is 5.41. The van der Waals surface area contributed by atoms with Gasteiger partial charge in [0.25, 0.3) is 0 Å². The van der Waals surface area contributed by atoms with Crippen LogP contribution in [0.15, 0.2) is 36.5 Å². The SMILES string of the molecule is Cn1nncc1CCC(N)c1ccccc1. The van der Waals surface area contributed by atoms with Crippen molar-refractivity contribution in [3.63, 3.8) is 0 Å². The average Bonchev–Trinajstić information content (AvgIpc) is 2.73. The Morgan fingerprint density at radius 3 is 2.69 bits per heavy atom. The van der Waals surface area contributed by atoms with E-state index >= 15 is 0 Å². The Morgan fingerprint density at radius 2 is 2.06 bits per heavy atom. The molecule has 0 spiro atoms. The lowest BCUT2D eigenvalue weighted by Crippen LogP contribution is -2.12. The summed E-state index contributed by atoms with van der Waals surface area (Å²) in [5.41, 5.74) is 8.41. The maximum atomic E-state index is 6.11. The molecule has 0 bridgehead atoms. The monoisotopic (exact) mass is 216 g/mol. The smallest absolute Gasteiger partial charge is 0.0724 e. The van der Waals surface area contributed by atoms with Crippen LogP contribution in [0.1, 0.15) is 23.7 Å². The van der Waals surface area contributed by atoms with Crippen molar-refractivity contribution >= 4 is 0 Å². The largest absolute Gasteiger partial charge is 0.324 e. The topological polar surface area (TPSA) is 56.7 Å². The van der Waals surface area contributed by atoms with Crippen molar-refractivity contribution in [2.75, 3.05) is 0 Å². The summed E-state index contributed by atoms with van der Waals surface area (Å²) in [6, 6.07) is 10.2. The molecule has 0 radical (unpaired) electrons. The fourth-order valence-electron chi connectivity index (χ4n) is 1.71. The molecule has 2 N–H and O–H groups in total. The van der Waals surface area contributed by atoms with Gasteiger partial charge in [0.05, 0.1) is 11.9 Å². The van der Waals surface area contributed by atoms with Gasteiger partial charge in [-0.05, 0) is 18.4 Å². The number of nitrogens with two attached hydrogens (primary N) is 1. The first-order chi connectivity index (χ1) is 7.77. The van der Waals surface area contributed by atoms with E-state index in [0.717, 1.165) is 18.5 Å². The molecule has 1 unspecified atom stereocenters. The van der Waals surface area contributed by atoms with Crippen LogP contribution in [0.3, 0.4) is 0 Å². The van der Waals surface area contributed by atoms with Crippen molar-refractivity contribution in [2.24, 2.45) is 12.8 Å². The van der Waals surface area contributed by atoms with Gasteiger partial charge in [-0.1, -0.05) is 35.5 Å². The highest BCUT2D eigenvalue weighted by Crippen LogP contribution is 2.15. The lowest BCUT2D eigenvalue weighted by Gasteiger charge is -2.11. The van der Waals surface area contributed by atoms with Crippen molar-refractivity contribution in [1.82, 2.24) is 15.0 Å². The van der Waals surface area contributed by atoms with Crippen molar-refractivity contribution < 1.29 is 0 Å². The normalized spacial score (nSPS) is 12.6. The van der Waals surface area contributed by atoms with Gasteiger partial charge in [0.1, 0.15) is 0 Å². The van der Waals surface area contributed by atoms with Crippen molar-refractivity contribution in [1.29, 1.82) is 0 Å². The Balaban J connectivity index is 1.94. The summed E-state index contributed by atoms with van der Waals surface area (Å²) in [7, 11) is 1.90. The Bertz CT molecular complexity index is 435. The molecule has 1 aromatic heterocycles. The quantitative estimate of drug-likeness (QED) is 0.841. The predicted molar refractivity (Wildman–Crippen MR) is 62.7 cm³/mol. The fourth-order valence-corrected chi connectivity index (χ4v) is 1.71. The summed E-state index contributed by atoms with van der Waals surface area (Å²) in [5.74, 6) is 0. The van der Waals surface area contributed by atoms with Crippen LogP contribution in [-0.2, 0) is 13.5 Å². The second-order valence-corrected chi connectivity index (χ2v) is 3.90. The summed E-state index contributed by atoms with van der Waals surface area (Å²) in [6.07, 6.45) is 3.60. The second kappa shape index (κ2) is 4.90. The van der Waals surface area contributed by atoms with Gasteiger partial charge in [-0.15, -0.1) is 5.10 Å². The predicted octanol–water partition coefficient (Wildman–Crippen LogP) is 1.45. The van der Waals surface area contributed by atoms with Crippen LogP contribution in [0.25, 0.3) is 0 Å². The van der Waals surface area contributed by atoms with Crippen LogP contribution >= 0.6 is 0 Å². The lowest BCUT2D eigenvalue weighted by molar-refractivity contribution is 0.608. The molecular weight excluding hydrogens is 200 g/mol. The minimum atomic E-state index is 0.0797. The molecule has 84 valence electrons. The first kappa shape index (κ1) is 10.8. The highest BCUT2D eigenvalue weighted by Gasteiger charge is 2.07. The zero-order valence-electron chi connectivity index (χ0n) is 9.37. The number of benzene rings is 1. The summed E-state index contributed by atoms with van der Waals surface area (Å²) in [6.45, 7) is 0. The van der Waals surface area contributed by atoms with Crippen LogP contribution in [-0.4, -0.2) is 15.0 Å². The Morgan fingerprint density at radius 1 is 1.31 bits per heavy atom. The average molecular weight is 216 g/mol. The molecule has 0 fully saturated rings. The number of aromatic nitrogens is 3. The van der Waals surface area contributed by atoms with Gasteiger partial charge in [0.15, 0.2) is 0 Å². The second-order valence-electron chi connectivity index (χ2n) is 3.90. The maximum Gasteiger partial charge on any atom is 0.0724 e. The molecule has 0 saturated carbocycles. The third-order valence-corrected chi connectivity index (χ3v) is 2.75. The summed E-state index contributed by atoms with van der Waals surface area (Å²) < 4.78 is 1.79. The third-order valence-electron chi connectivity index (χ3n) is 2.75. The van der Waals surface area contributed by atoms with Crippen molar-refractivity contribution in [3.8, 4) is 0 Å². The van der Waals surface area contributed by atoms with Gasteiger partial charge in [0, 0.05) is 13.1 Å². The Kier molecular flexibility index (Phi) is 3.31. The Hall–Kier alpha value is -1.68. The van der Waals surface area contributed by atoms with Gasteiger partial charge in [-0.25, -0.2) is 0 Å². The van der Waals surface area contributed by atoms with Gasteiger partial charge < -0.3 is 5.73 Å². The molecule has 2 rings (SSSR count). The maximum absolute atomic E-state index is 6.11. The van der Waals surface area contributed by atoms with E-state index in [0.29, 0.717) is 0 Å². The number of aryl methyl sites for hydroxylation is 2. The van der Waals surface area contributed by atoms with E-state index in [2.05, 4.69) is 22.4 Å². The summed E-state index contributed by atoms with van der Waals surface area (Å²) in [5, 5.41) is 7.74. The van der Waals surface area contributed by atoms with E-state index in [9.17, 15) is 0 Å². The number of hydrogen-bond donors (Lipinski definition) is 1. The van der Waals surface area contributed by atoms with Gasteiger partial charge >= 0.3 is 0 Å². The molecular formula is C12H16N4. The van der Waals surface area contributed by atoms with Gasteiger partial charge in [-0.3, -0.25) is 4.68 Å². The molecule has 1 aromatic carbocycles. The molecule has 0 aliphatic heterocycles. The van der Waals surface area contributed by atoms with E-state index in [1.165, 1.54) is 5.56 Å². The van der Waals surface area contributed by atoms with E-state index < -0.39 is 0 Å². The van der Waals surface area contributed by atoms with E-state index in [-0.39, 0.29) is 6.04 Å². The minimum Gasteiger partial charge on any atom is -0.324 e. The molecule has 16 heavy (non-hydrogen) atoms. The minimum absolute atomic E-state index is 0.0797. The van der Waals surface area contributed by atoms with Crippen LogP contribution in [0.5, 0.6) is 0 Å². The molecule has 0 aliphatic carbocycles. The highest BCUT2D eigenvalue weighted by molar-refractivity contribution is 5.18. The molecule has 0 saturated heterocycles. The number of rotatable bonds is 4. The van der Waals surface area contributed by atoms with E-state index in [1.807, 2.05) is 25.2 Å². The molecule has 0 amide bonds. The fraction of sp³-hybridized carbons (Fsp3) is 0.333. The zero-order chi connectivity index (χ0) is 11.4. The number of nitrogens with zero attached hydrogens (tertiary/aromatic N) is 3. The molecule has 4 heteroatoms. The standard InChI is InChI=1S/C12H16N4/c1-16-11(9-14-15-16)7-8-12(13)10-5-3-2-4-6-10/h2-6,9,12H,7-8,13H2,1H3. The molecule has 1 heterocycles. The van der Waals surface area contributed by atoms with Gasteiger partial charge in [-0.2, -0.15) is 0 Å². The van der Waals surface area contributed by atoms with E-state index in [1.54, 1.807) is 10.9 Å². The van der Waals surface area contributed by atoms with Gasteiger partial charge in [0.2, 0.25) is 0 Å². The highest BCUT2D eigenvalue weighted by atomic mass is 15.4. The van der Waals surface area contributed by atoms with E-state index in [4.69, 9.17) is 5.73 Å². The summed E-state index contributed by atoms with van der Waals surface area (Å²) in [4.78, 5) is 0. The van der Waals surface area contributed by atoms with Crippen LogP contribution in [0, 0.1) is 0 Å².